The van der Waals surface area contributed by atoms with E-state index in [0.29, 0.717) is 6.01 Å². The predicted molar refractivity (Wildman–Crippen MR) is 79.6 cm³/mol. The number of oxazole rings is 1. The Balaban J connectivity index is 1.85. The average molecular weight is 272 g/mol. The average Bonchev–Trinajstić information content (AvgIpc) is 3.07. The molecule has 98 valence electrons. The Hall–Kier alpha value is -1.81. The second-order valence-corrected chi connectivity index (χ2v) is 5.47. The van der Waals surface area contributed by atoms with Crippen molar-refractivity contribution in [3.8, 4) is 0 Å². The van der Waals surface area contributed by atoms with Gasteiger partial charge in [0.15, 0.2) is 5.58 Å². The lowest BCUT2D eigenvalue weighted by Gasteiger charge is -2.14. The summed E-state index contributed by atoms with van der Waals surface area (Å²) in [5.74, 6) is 0. The first-order valence-electron chi connectivity index (χ1n) is 6.52. The number of nitrogens with zero attached hydrogens (tertiary/aromatic N) is 1. The Morgan fingerprint density at radius 3 is 2.89 bits per heavy atom. The normalized spacial score (nSPS) is 12.7. The van der Waals surface area contributed by atoms with Crippen molar-refractivity contribution in [2.24, 2.45) is 0 Å². The molecular weight excluding hydrogens is 256 g/mol. The number of benzene rings is 1. The summed E-state index contributed by atoms with van der Waals surface area (Å²) in [6, 6.07) is 12.9. The van der Waals surface area contributed by atoms with Crippen molar-refractivity contribution in [3.05, 3.63) is 46.7 Å². The standard InChI is InChI=1S/C15H16N2OS/c1-2-6-12(14-9-5-10-19-14)17-15-16-11-7-3-4-8-13(11)18-15/h3-5,7-10,12H,2,6H2,1H3,(H,16,17). The monoisotopic (exact) mass is 272 g/mol. The number of rotatable bonds is 5. The zero-order valence-corrected chi connectivity index (χ0v) is 11.6. The van der Waals surface area contributed by atoms with Crippen LogP contribution in [0.2, 0.25) is 0 Å². The second-order valence-electron chi connectivity index (χ2n) is 4.49. The van der Waals surface area contributed by atoms with Gasteiger partial charge in [0.05, 0.1) is 6.04 Å². The lowest BCUT2D eigenvalue weighted by molar-refractivity contribution is 0.585. The molecule has 0 saturated heterocycles. The van der Waals surface area contributed by atoms with Crippen LogP contribution in [0.25, 0.3) is 11.1 Å². The van der Waals surface area contributed by atoms with Crippen molar-refractivity contribution in [1.82, 2.24) is 4.98 Å². The van der Waals surface area contributed by atoms with Gasteiger partial charge >= 0.3 is 0 Å². The fourth-order valence-electron chi connectivity index (χ4n) is 2.15. The number of aromatic nitrogens is 1. The highest BCUT2D eigenvalue weighted by Gasteiger charge is 2.14. The quantitative estimate of drug-likeness (QED) is 0.722. The molecule has 2 aromatic heterocycles. The molecule has 0 aliphatic carbocycles. The fourth-order valence-corrected chi connectivity index (χ4v) is 2.96. The molecule has 0 aliphatic rings. The van der Waals surface area contributed by atoms with Gasteiger partial charge in [-0.2, -0.15) is 4.98 Å². The van der Waals surface area contributed by atoms with Crippen LogP contribution in [0.4, 0.5) is 6.01 Å². The van der Waals surface area contributed by atoms with Crippen molar-refractivity contribution in [3.63, 3.8) is 0 Å². The van der Waals surface area contributed by atoms with E-state index in [4.69, 9.17) is 4.42 Å². The number of hydrogen-bond acceptors (Lipinski definition) is 4. The Morgan fingerprint density at radius 1 is 1.26 bits per heavy atom. The number of hydrogen-bond donors (Lipinski definition) is 1. The van der Waals surface area contributed by atoms with Crippen LogP contribution in [-0.2, 0) is 0 Å². The van der Waals surface area contributed by atoms with Crippen LogP contribution in [-0.4, -0.2) is 4.98 Å². The van der Waals surface area contributed by atoms with Crippen molar-refractivity contribution >= 4 is 28.5 Å². The topological polar surface area (TPSA) is 38.1 Å². The predicted octanol–water partition coefficient (Wildman–Crippen LogP) is 4.84. The maximum Gasteiger partial charge on any atom is 0.296 e. The number of thiophene rings is 1. The molecule has 19 heavy (non-hydrogen) atoms. The molecular formula is C15H16N2OS. The van der Waals surface area contributed by atoms with Crippen LogP contribution < -0.4 is 5.32 Å². The molecule has 4 heteroatoms. The lowest BCUT2D eigenvalue weighted by Crippen LogP contribution is -2.09. The Labute approximate surface area is 116 Å². The minimum Gasteiger partial charge on any atom is -0.424 e. The molecule has 1 atom stereocenters. The summed E-state index contributed by atoms with van der Waals surface area (Å²) in [5, 5.41) is 5.51. The molecule has 3 rings (SSSR count). The summed E-state index contributed by atoms with van der Waals surface area (Å²) in [7, 11) is 0. The lowest BCUT2D eigenvalue weighted by atomic mass is 10.1. The van der Waals surface area contributed by atoms with Crippen LogP contribution in [0.3, 0.4) is 0 Å². The van der Waals surface area contributed by atoms with Crippen LogP contribution in [0.15, 0.2) is 46.2 Å². The SMILES string of the molecule is CCCC(Nc1nc2ccccc2o1)c1cccs1. The van der Waals surface area contributed by atoms with Gasteiger partial charge < -0.3 is 9.73 Å². The van der Waals surface area contributed by atoms with Gasteiger partial charge in [0, 0.05) is 4.88 Å². The highest BCUT2D eigenvalue weighted by Crippen LogP contribution is 2.28. The first-order valence-corrected chi connectivity index (χ1v) is 7.40. The van der Waals surface area contributed by atoms with Crippen molar-refractivity contribution < 1.29 is 4.42 Å². The minimum atomic E-state index is 0.276. The van der Waals surface area contributed by atoms with E-state index in [0.717, 1.165) is 23.9 Å². The van der Waals surface area contributed by atoms with E-state index in [9.17, 15) is 0 Å². The Morgan fingerprint density at radius 2 is 2.16 bits per heavy atom. The van der Waals surface area contributed by atoms with Gasteiger partial charge in [-0.25, -0.2) is 0 Å². The summed E-state index contributed by atoms with van der Waals surface area (Å²) >= 11 is 1.77. The van der Waals surface area contributed by atoms with Gasteiger partial charge in [-0.15, -0.1) is 11.3 Å². The molecule has 0 aliphatic heterocycles. The van der Waals surface area contributed by atoms with Gasteiger partial charge in [-0.05, 0) is 30.0 Å². The number of para-hydroxylation sites is 2. The van der Waals surface area contributed by atoms with E-state index >= 15 is 0 Å². The van der Waals surface area contributed by atoms with Gasteiger partial charge in [0.2, 0.25) is 0 Å². The molecule has 0 fully saturated rings. The molecule has 0 spiro atoms. The maximum absolute atomic E-state index is 5.73. The third-order valence-electron chi connectivity index (χ3n) is 3.06. The molecule has 3 nitrogen and oxygen atoms in total. The van der Waals surface area contributed by atoms with Crippen LogP contribution in [0.5, 0.6) is 0 Å². The second kappa shape index (κ2) is 5.45. The molecule has 0 bridgehead atoms. The third kappa shape index (κ3) is 2.63. The summed E-state index contributed by atoms with van der Waals surface area (Å²) in [6.45, 7) is 2.19. The van der Waals surface area contributed by atoms with E-state index in [1.165, 1.54) is 4.88 Å². The highest BCUT2D eigenvalue weighted by atomic mass is 32.1. The third-order valence-corrected chi connectivity index (χ3v) is 4.04. The molecule has 3 aromatic rings. The van der Waals surface area contributed by atoms with E-state index in [1.807, 2.05) is 24.3 Å². The zero-order chi connectivity index (χ0) is 13.1. The first-order chi connectivity index (χ1) is 9.36. The number of anilines is 1. The largest absolute Gasteiger partial charge is 0.424 e. The van der Waals surface area contributed by atoms with Crippen LogP contribution >= 0.6 is 11.3 Å². The van der Waals surface area contributed by atoms with Crippen LogP contribution in [0, 0.1) is 0 Å². The molecule has 0 amide bonds. The molecule has 1 unspecified atom stereocenters. The Bertz CT molecular complexity index is 612. The molecule has 0 saturated carbocycles. The van der Waals surface area contributed by atoms with Crippen molar-refractivity contribution in [2.75, 3.05) is 5.32 Å². The van der Waals surface area contributed by atoms with E-state index in [1.54, 1.807) is 11.3 Å². The van der Waals surface area contributed by atoms with E-state index in [2.05, 4.69) is 34.7 Å². The van der Waals surface area contributed by atoms with Gasteiger partial charge in [-0.3, -0.25) is 0 Å². The summed E-state index contributed by atoms with van der Waals surface area (Å²) in [5.41, 5.74) is 1.72. The van der Waals surface area contributed by atoms with Gasteiger partial charge in [0.1, 0.15) is 5.52 Å². The number of fused-ring (bicyclic) bond motifs is 1. The Kier molecular flexibility index (Phi) is 3.51. The van der Waals surface area contributed by atoms with Crippen molar-refractivity contribution in [1.29, 1.82) is 0 Å². The zero-order valence-electron chi connectivity index (χ0n) is 10.8. The fraction of sp³-hybridized carbons (Fsp3) is 0.267. The van der Waals surface area contributed by atoms with E-state index < -0.39 is 0 Å². The first kappa shape index (κ1) is 12.2. The molecule has 2 heterocycles. The van der Waals surface area contributed by atoms with E-state index in [-0.39, 0.29) is 6.04 Å². The minimum absolute atomic E-state index is 0.276. The molecule has 1 aromatic carbocycles. The molecule has 0 radical (unpaired) electrons. The van der Waals surface area contributed by atoms with Gasteiger partial charge in [0.25, 0.3) is 6.01 Å². The molecule has 1 N–H and O–H groups in total. The summed E-state index contributed by atoms with van der Waals surface area (Å²) in [6.07, 6.45) is 2.19. The highest BCUT2D eigenvalue weighted by molar-refractivity contribution is 7.10. The van der Waals surface area contributed by atoms with Crippen LogP contribution in [0.1, 0.15) is 30.7 Å². The maximum atomic E-state index is 5.73. The summed E-state index contributed by atoms with van der Waals surface area (Å²) in [4.78, 5) is 5.79. The summed E-state index contributed by atoms with van der Waals surface area (Å²) < 4.78 is 5.73. The van der Waals surface area contributed by atoms with Gasteiger partial charge in [-0.1, -0.05) is 31.5 Å². The smallest absolute Gasteiger partial charge is 0.296 e. The van der Waals surface area contributed by atoms with Crippen molar-refractivity contribution in [2.45, 2.75) is 25.8 Å². The number of nitrogens with one attached hydrogen (secondary N) is 1.